The van der Waals surface area contributed by atoms with Gasteiger partial charge in [-0.1, -0.05) is 12.1 Å². The zero-order valence-corrected chi connectivity index (χ0v) is 13.5. The molecule has 0 spiro atoms. The van der Waals surface area contributed by atoms with Crippen LogP contribution in [0.3, 0.4) is 0 Å². The lowest BCUT2D eigenvalue weighted by Crippen LogP contribution is -2.41. The number of nitrogens with one attached hydrogen (secondary N) is 1. The average Bonchev–Trinajstić information content (AvgIpc) is 3.24. The Balaban J connectivity index is 1.86. The van der Waals surface area contributed by atoms with Crippen LogP contribution < -0.4 is 10.1 Å². The van der Waals surface area contributed by atoms with Gasteiger partial charge in [0.15, 0.2) is 0 Å². The van der Waals surface area contributed by atoms with E-state index in [1.165, 1.54) is 0 Å². The molecule has 1 aromatic heterocycles. The highest BCUT2D eigenvalue weighted by atomic mass is 16.5. The molecule has 3 rings (SSSR count). The van der Waals surface area contributed by atoms with E-state index in [0.717, 1.165) is 43.1 Å². The lowest BCUT2D eigenvalue weighted by atomic mass is 10.1. The highest BCUT2D eigenvalue weighted by molar-refractivity contribution is 5.75. The van der Waals surface area contributed by atoms with Crippen LogP contribution in [-0.4, -0.2) is 40.7 Å². The summed E-state index contributed by atoms with van der Waals surface area (Å²) in [6, 6.07) is 7.39. The first-order chi connectivity index (χ1) is 11.2. The van der Waals surface area contributed by atoms with Crippen LogP contribution in [0.15, 0.2) is 36.7 Å². The van der Waals surface area contributed by atoms with Crippen molar-refractivity contribution in [3.8, 4) is 5.75 Å². The number of imidazole rings is 1. The minimum atomic E-state index is -0.283. The van der Waals surface area contributed by atoms with Crippen LogP contribution in [0.1, 0.15) is 30.3 Å². The van der Waals surface area contributed by atoms with Crippen LogP contribution in [0, 0.1) is 0 Å². The van der Waals surface area contributed by atoms with Crippen molar-refractivity contribution < 1.29 is 9.53 Å². The van der Waals surface area contributed by atoms with E-state index in [1.807, 2.05) is 47.0 Å². The Bertz CT molecular complexity index is 659. The summed E-state index contributed by atoms with van der Waals surface area (Å²) in [6.45, 7) is 1.64. The van der Waals surface area contributed by atoms with Gasteiger partial charge in [-0.3, -0.25) is 0 Å². The van der Waals surface area contributed by atoms with Crippen LogP contribution in [0.4, 0.5) is 4.79 Å². The molecule has 1 aliphatic heterocycles. The van der Waals surface area contributed by atoms with Gasteiger partial charge < -0.3 is 19.5 Å². The van der Waals surface area contributed by atoms with Crippen molar-refractivity contribution in [2.45, 2.75) is 18.9 Å². The molecular weight excluding hydrogens is 292 g/mol. The zero-order chi connectivity index (χ0) is 16.2. The molecule has 1 saturated heterocycles. The fraction of sp³-hybridized carbons (Fsp3) is 0.412. The van der Waals surface area contributed by atoms with Crippen molar-refractivity contribution in [2.75, 3.05) is 20.2 Å². The molecule has 0 saturated carbocycles. The van der Waals surface area contributed by atoms with E-state index in [4.69, 9.17) is 4.74 Å². The maximum absolute atomic E-state index is 12.5. The van der Waals surface area contributed by atoms with Crippen molar-refractivity contribution in [2.24, 2.45) is 7.05 Å². The number of methoxy groups -OCH3 is 1. The van der Waals surface area contributed by atoms with Crippen LogP contribution >= 0.6 is 0 Å². The van der Waals surface area contributed by atoms with Gasteiger partial charge in [-0.25, -0.2) is 9.78 Å². The van der Waals surface area contributed by atoms with Crippen molar-refractivity contribution in [1.82, 2.24) is 19.8 Å². The minimum absolute atomic E-state index is 0.0358. The zero-order valence-electron chi connectivity index (χ0n) is 13.5. The molecule has 2 aromatic rings. The van der Waals surface area contributed by atoms with E-state index < -0.39 is 0 Å². The molecule has 1 aliphatic rings. The van der Waals surface area contributed by atoms with Crippen LogP contribution in [-0.2, 0) is 7.05 Å². The van der Waals surface area contributed by atoms with Crippen molar-refractivity contribution in [1.29, 1.82) is 0 Å². The van der Waals surface area contributed by atoms with Gasteiger partial charge in [0.1, 0.15) is 17.6 Å². The van der Waals surface area contributed by atoms with Crippen LogP contribution in [0.5, 0.6) is 5.75 Å². The first-order valence-corrected chi connectivity index (χ1v) is 7.85. The Morgan fingerprint density at radius 2 is 1.96 bits per heavy atom. The van der Waals surface area contributed by atoms with Gasteiger partial charge in [0.25, 0.3) is 0 Å². The monoisotopic (exact) mass is 314 g/mol. The van der Waals surface area contributed by atoms with E-state index >= 15 is 0 Å². The van der Waals surface area contributed by atoms with E-state index in [2.05, 4.69) is 10.3 Å². The molecular formula is C17H22N4O2. The predicted octanol–water partition coefficient (Wildman–Crippen LogP) is 2.32. The lowest BCUT2D eigenvalue weighted by molar-refractivity contribution is 0.206. The molecule has 0 unspecified atom stereocenters. The average molecular weight is 314 g/mol. The minimum Gasteiger partial charge on any atom is -0.497 e. The SMILES string of the molecule is COc1ccc([C@H](NC(=O)N2CCCC2)c2nccn2C)cc1. The quantitative estimate of drug-likeness (QED) is 0.942. The number of amides is 2. The Kier molecular flexibility index (Phi) is 4.50. The summed E-state index contributed by atoms with van der Waals surface area (Å²) in [6.07, 6.45) is 5.77. The Labute approximate surface area is 136 Å². The molecule has 1 aromatic carbocycles. The third kappa shape index (κ3) is 3.31. The molecule has 0 bridgehead atoms. The summed E-state index contributed by atoms with van der Waals surface area (Å²) in [5, 5.41) is 3.12. The van der Waals surface area contributed by atoms with Gasteiger partial charge in [0, 0.05) is 32.5 Å². The standard InChI is InChI=1S/C17H22N4O2/c1-20-12-9-18-16(20)15(13-5-7-14(23-2)8-6-13)19-17(22)21-10-3-4-11-21/h5-9,12,15H,3-4,10-11H2,1-2H3,(H,19,22)/t15-/m0/s1. The molecule has 23 heavy (non-hydrogen) atoms. The first-order valence-electron chi connectivity index (χ1n) is 7.85. The van der Waals surface area contributed by atoms with E-state index in [1.54, 1.807) is 13.3 Å². The number of carbonyl (C=O) groups excluding carboxylic acids is 1. The predicted molar refractivity (Wildman–Crippen MR) is 87.4 cm³/mol. The third-order valence-electron chi connectivity index (χ3n) is 4.23. The molecule has 6 nitrogen and oxygen atoms in total. The van der Waals surface area contributed by atoms with E-state index in [9.17, 15) is 4.79 Å². The fourth-order valence-electron chi connectivity index (χ4n) is 2.88. The lowest BCUT2D eigenvalue weighted by Gasteiger charge is -2.23. The molecule has 2 amide bonds. The van der Waals surface area contributed by atoms with E-state index in [-0.39, 0.29) is 12.1 Å². The Morgan fingerprint density at radius 1 is 1.26 bits per heavy atom. The maximum Gasteiger partial charge on any atom is 0.318 e. The number of likely N-dealkylation sites (tertiary alicyclic amines) is 1. The highest BCUT2D eigenvalue weighted by Gasteiger charge is 2.25. The summed E-state index contributed by atoms with van der Waals surface area (Å²) >= 11 is 0. The molecule has 1 atom stereocenters. The fourth-order valence-corrected chi connectivity index (χ4v) is 2.88. The second-order valence-electron chi connectivity index (χ2n) is 5.75. The highest BCUT2D eigenvalue weighted by Crippen LogP contribution is 2.23. The van der Waals surface area contributed by atoms with Gasteiger partial charge in [-0.15, -0.1) is 0 Å². The largest absolute Gasteiger partial charge is 0.497 e. The van der Waals surface area contributed by atoms with Crippen molar-refractivity contribution in [3.63, 3.8) is 0 Å². The topological polar surface area (TPSA) is 59.4 Å². The van der Waals surface area contributed by atoms with Crippen LogP contribution in [0.2, 0.25) is 0 Å². The second kappa shape index (κ2) is 6.73. The molecule has 0 radical (unpaired) electrons. The normalized spacial score (nSPS) is 15.5. The van der Waals surface area contributed by atoms with Crippen LogP contribution in [0.25, 0.3) is 0 Å². The number of aryl methyl sites for hydroxylation is 1. The second-order valence-corrected chi connectivity index (χ2v) is 5.75. The van der Waals surface area contributed by atoms with Gasteiger partial charge in [0.05, 0.1) is 7.11 Å². The first kappa shape index (κ1) is 15.4. The smallest absolute Gasteiger partial charge is 0.318 e. The number of aromatic nitrogens is 2. The van der Waals surface area contributed by atoms with Crippen molar-refractivity contribution in [3.05, 3.63) is 48.0 Å². The summed E-state index contributed by atoms with van der Waals surface area (Å²) in [4.78, 5) is 18.8. The number of carbonyl (C=O) groups is 1. The Hall–Kier alpha value is -2.50. The number of urea groups is 1. The number of benzene rings is 1. The molecule has 1 fully saturated rings. The number of hydrogen-bond donors (Lipinski definition) is 1. The van der Waals surface area contributed by atoms with Gasteiger partial charge >= 0.3 is 6.03 Å². The number of hydrogen-bond acceptors (Lipinski definition) is 3. The van der Waals surface area contributed by atoms with E-state index in [0.29, 0.717) is 0 Å². The van der Waals surface area contributed by atoms with Gasteiger partial charge in [-0.05, 0) is 30.5 Å². The molecule has 2 heterocycles. The maximum atomic E-state index is 12.5. The number of ether oxygens (including phenoxy) is 1. The molecule has 0 aliphatic carbocycles. The van der Waals surface area contributed by atoms with Gasteiger partial charge in [-0.2, -0.15) is 0 Å². The summed E-state index contributed by atoms with van der Waals surface area (Å²) in [5.41, 5.74) is 0.979. The van der Waals surface area contributed by atoms with Crippen molar-refractivity contribution >= 4 is 6.03 Å². The number of nitrogens with zero attached hydrogens (tertiary/aromatic N) is 3. The third-order valence-corrected chi connectivity index (χ3v) is 4.23. The number of rotatable bonds is 4. The summed E-state index contributed by atoms with van der Waals surface area (Å²) < 4.78 is 7.14. The summed E-state index contributed by atoms with van der Waals surface area (Å²) in [7, 11) is 3.57. The molecule has 1 N–H and O–H groups in total. The summed E-state index contributed by atoms with van der Waals surface area (Å²) in [5.74, 6) is 1.60. The molecule has 6 heteroatoms. The molecule has 122 valence electrons. The Morgan fingerprint density at radius 3 is 2.52 bits per heavy atom. The van der Waals surface area contributed by atoms with Gasteiger partial charge in [0.2, 0.25) is 0 Å².